The lowest BCUT2D eigenvalue weighted by Crippen LogP contribution is -2.02. The Morgan fingerprint density at radius 1 is 1.16 bits per heavy atom. The van der Waals surface area contributed by atoms with E-state index >= 15 is 0 Å². The fourth-order valence-corrected chi connectivity index (χ4v) is 2.92. The van der Waals surface area contributed by atoms with Gasteiger partial charge in [-0.25, -0.2) is 0 Å². The van der Waals surface area contributed by atoms with E-state index in [9.17, 15) is 0 Å². The number of hydrogen-bond acceptors (Lipinski definition) is 6. The highest BCUT2D eigenvalue weighted by Gasteiger charge is 2.08. The van der Waals surface area contributed by atoms with E-state index in [1.807, 2.05) is 28.8 Å². The molecule has 0 bridgehead atoms. The molecule has 3 aromatic rings. The van der Waals surface area contributed by atoms with E-state index in [1.165, 1.54) is 0 Å². The van der Waals surface area contributed by atoms with Gasteiger partial charge in [0.2, 0.25) is 0 Å². The number of hydrogen-bond donors (Lipinski definition) is 0. The van der Waals surface area contributed by atoms with Crippen LogP contribution in [0.25, 0.3) is 5.69 Å². The van der Waals surface area contributed by atoms with Crippen LogP contribution in [0, 0.1) is 11.3 Å². The summed E-state index contributed by atoms with van der Waals surface area (Å²) in [4.78, 5) is 0. The normalized spacial score (nSPS) is 10.2. The monoisotopic (exact) mass is 352 g/mol. The van der Waals surface area contributed by atoms with E-state index in [2.05, 4.69) is 16.3 Å². The summed E-state index contributed by atoms with van der Waals surface area (Å²) in [5, 5.41) is 17.7. The van der Waals surface area contributed by atoms with Crippen molar-refractivity contribution in [2.75, 3.05) is 19.5 Å². The smallest absolute Gasteiger partial charge is 0.195 e. The average molecular weight is 352 g/mol. The van der Waals surface area contributed by atoms with Gasteiger partial charge >= 0.3 is 0 Å². The highest BCUT2D eigenvalue weighted by molar-refractivity contribution is 7.99. The van der Waals surface area contributed by atoms with Crippen molar-refractivity contribution in [3.8, 4) is 23.3 Å². The molecule has 0 radical (unpaired) electrons. The predicted molar refractivity (Wildman–Crippen MR) is 95.3 cm³/mol. The summed E-state index contributed by atoms with van der Waals surface area (Å²) >= 11 is 1.56. The minimum absolute atomic E-state index is 0.529. The third kappa shape index (κ3) is 4.31. The lowest BCUT2D eigenvalue weighted by Gasteiger charge is -2.08. The van der Waals surface area contributed by atoms with Crippen molar-refractivity contribution in [3.63, 3.8) is 0 Å². The Morgan fingerprint density at radius 2 is 2.00 bits per heavy atom. The van der Waals surface area contributed by atoms with Crippen LogP contribution < -0.4 is 9.47 Å². The van der Waals surface area contributed by atoms with Gasteiger partial charge in [-0.1, -0.05) is 17.8 Å². The lowest BCUT2D eigenvalue weighted by molar-refractivity contribution is 0.344. The quantitative estimate of drug-likeness (QED) is 0.480. The SMILES string of the molecule is COc1cccc(-n2cnnc2SCCOc2ccc(C#N)cc2)c1. The summed E-state index contributed by atoms with van der Waals surface area (Å²) in [6.45, 7) is 0.529. The van der Waals surface area contributed by atoms with Gasteiger partial charge in [0.25, 0.3) is 0 Å². The predicted octanol–water partition coefficient (Wildman–Crippen LogP) is 3.32. The molecule has 0 atom stereocenters. The van der Waals surface area contributed by atoms with E-state index in [-0.39, 0.29) is 0 Å². The van der Waals surface area contributed by atoms with Gasteiger partial charge in [0, 0.05) is 11.8 Å². The summed E-state index contributed by atoms with van der Waals surface area (Å²) in [5.74, 6) is 2.25. The largest absolute Gasteiger partial charge is 0.497 e. The molecule has 2 aromatic carbocycles. The van der Waals surface area contributed by atoms with Crippen molar-refractivity contribution in [2.45, 2.75) is 5.16 Å². The first-order valence-electron chi connectivity index (χ1n) is 7.60. The van der Waals surface area contributed by atoms with Crippen LogP contribution in [0.3, 0.4) is 0 Å². The van der Waals surface area contributed by atoms with Gasteiger partial charge in [0.1, 0.15) is 17.8 Å². The maximum absolute atomic E-state index is 8.78. The minimum atomic E-state index is 0.529. The second-order valence-electron chi connectivity index (χ2n) is 5.02. The van der Waals surface area contributed by atoms with Crippen LogP contribution in [0.1, 0.15) is 5.56 Å². The zero-order valence-corrected chi connectivity index (χ0v) is 14.4. The van der Waals surface area contributed by atoms with Crippen molar-refractivity contribution < 1.29 is 9.47 Å². The van der Waals surface area contributed by atoms with Crippen LogP contribution >= 0.6 is 11.8 Å². The first kappa shape index (κ1) is 16.9. The number of benzene rings is 2. The van der Waals surface area contributed by atoms with Crippen LogP contribution in [0.5, 0.6) is 11.5 Å². The van der Waals surface area contributed by atoms with Crippen molar-refractivity contribution in [3.05, 3.63) is 60.4 Å². The van der Waals surface area contributed by atoms with Gasteiger partial charge in [0.05, 0.1) is 31.0 Å². The summed E-state index contributed by atoms with van der Waals surface area (Å²) in [6, 6.07) is 16.9. The molecule has 7 heteroatoms. The first-order chi connectivity index (χ1) is 12.3. The number of nitrogens with zero attached hydrogens (tertiary/aromatic N) is 4. The zero-order valence-electron chi connectivity index (χ0n) is 13.6. The van der Waals surface area contributed by atoms with Gasteiger partial charge in [-0.2, -0.15) is 5.26 Å². The van der Waals surface area contributed by atoms with Crippen LogP contribution in [-0.2, 0) is 0 Å². The van der Waals surface area contributed by atoms with E-state index in [4.69, 9.17) is 14.7 Å². The van der Waals surface area contributed by atoms with Crippen molar-refractivity contribution in [1.29, 1.82) is 5.26 Å². The Balaban J connectivity index is 1.57. The fraction of sp³-hybridized carbons (Fsp3) is 0.167. The standard InChI is InChI=1S/C18H16N4O2S/c1-23-17-4-2-3-15(11-17)22-13-20-21-18(22)25-10-9-24-16-7-5-14(12-19)6-8-16/h2-8,11,13H,9-10H2,1H3. The molecular formula is C18H16N4O2S. The Bertz CT molecular complexity index is 871. The molecule has 0 aliphatic rings. The number of nitriles is 1. The van der Waals surface area contributed by atoms with Crippen molar-refractivity contribution >= 4 is 11.8 Å². The Kier molecular flexibility index (Phi) is 5.54. The summed E-state index contributed by atoms with van der Waals surface area (Å²) in [5.41, 5.74) is 1.56. The second-order valence-corrected chi connectivity index (χ2v) is 6.08. The van der Waals surface area contributed by atoms with Gasteiger partial charge in [-0.15, -0.1) is 10.2 Å². The molecule has 0 aliphatic heterocycles. The Labute approximate surface area is 150 Å². The Hall–Kier alpha value is -2.98. The van der Waals surface area contributed by atoms with E-state index in [1.54, 1.807) is 49.5 Å². The molecule has 0 saturated carbocycles. The van der Waals surface area contributed by atoms with Crippen LogP contribution in [0.15, 0.2) is 60.0 Å². The number of aromatic nitrogens is 3. The van der Waals surface area contributed by atoms with Crippen LogP contribution in [0.2, 0.25) is 0 Å². The average Bonchev–Trinajstić information content (AvgIpc) is 3.14. The molecular weight excluding hydrogens is 336 g/mol. The van der Waals surface area contributed by atoms with Gasteiger partial charge in [0.15, 0.2) is 5.16 Å². The molecule has 126 valence electrons. The molecule has 0 spiro atoms. The summed E-state index contributed by atoms with van der Waals surface area (Å²) < 4.78 is 12.8. The summed E-state index contributed by atoms with van der Waals surface area (Å²) in [6.07, 6.45) is 1.68. The maximum atomic E-state index is 8.78. The highest BCUT2D eigenvalue weighted by atomic mass is 32.2. The number of thioether (sulfide) groups is 1. The summed E-state index contributed by atoms with van der Waals surface area (Å²) in [7, 11) is 1.64. The molecule has 0 fully saturated rings. The van der Waals surface area contributed by atoms with E-state index in [0.29, 0.717) is 12.2 Å². The number of ether oxygens (including phenoxy) is 2. The maximum Gasteiger partial charge on any atom is 0.195 e. The van der Waals surface area contributed by atoms with Crippen LogP contribution in [-0.4, -0.2) is 34.2 Å². The molecule has 0 amide bonds. The second kappa shape index (κ2) is 8.22. The third-order valence-electron chi connectivity index (χ3n) is 3.41. The van der Waals surface area contributed by atoms with Crippen LogP contribution in [0.4, 0.5) is 0 Å². The number of methoxy groups -OCH3 is 1. The van der Waals surface area contributed by atoms with E-state index < -0.39 is 0 Å². The topological polar surface area (TPSA) is 73.0 Å². The van der Waals surface area contributed by atoms with Gasteiger partial charge in [-0.3, -0.25) is 4.57 Å². The van der Waals surface area contributed by atoms with E-state index in [0.717, 1.165) is 28.1 Å². The molecule has 0 saturated heterocycles. The van der Waals surface area contributed by atoms with Gasteiger partial charge < -0.3 is 9.47 Å². The zero-order chi connectivity index (χ0) is 17.5. The molecule has 0 N–H and O–H groups in total. The molecule has 3 rings (SSSR count). The molecule has 6 nitrogen and oxygen atoms in total. The highest BCUT2D eigenvalue weighted by Crippen LogP contribution is 2.22. The molecule has 1 heterocycles. The first-order valence-corrected chi connectivity index (χ1v) is 8.59. The molecule has 1 aromatic heterocycles. The van der Waals surface area contributed by atoms with Crippen molar-refractivity contribution in [1.82, 2.24) is 14.8 Å². The van der Waals surface area contributed by atoms with Gasteiger partial charge in [-0.05, 0) is 36.4 Å². The Morgan fingerprint density at radius 3 is 2.76 bits per heavy atom. The minimum Gasteiger partial charge on any atom is -0.497 e. The number of rotatable bonds is 7. The molecule has 0 unspecified atom stereocenters. The van der Waals surface area contributed by atoms with Crippen molar-refractivity contribution in [2.24, 2.45) is 0 Å². The fourth-order valence-electron chi connectivity index (χ4n) is 2.18. The molecule has 0 aliphatic carbocycles. The lowest BCUT2D eigenvalue weighted by atomic mass is 10.2. The molecule has 25 heavy (non-hydrogen) atoms. The third-order valence-corrected chi connectivity index (χ3v) is 4.32.